The Hall–Kier alpha value is -2.96. The lowest BCUT2D eigenvalue weighted by molar-refractivity contribution is -0.120. The predicted octanol–water partition coefficient (Wildman–Crippen LogP) is 6.61. The van der Waals surface area contributed by atoms with Crippen molar-refractivity contribution in [2.24, 2.45) is 0 Å². The van der Waals surface area contributed by atoms with Crippen LogP contribution in [0.3, 0.4) is 0 Å². The quantitative estimate of drug-likeness (QED) is 0.290. The highest BCUT2D eigenvalue weighted by atomic mass is 16.1. The summed E-state index contributed by atoms with van der Waals surface area (Å²) < 4.78 is 2.31. The highest BCUT2D eigenvalue weighted by Gasteiger charge is 2.16. The first-order valence-electron chi connectivity index (χ1n) is 13.6. The molecule has 0 aliphatic heterocycles. The van der Waals surface area contributed by atoms with Crippen LogP contribution in [0.4, 0.5) is 5.82 Å². The van der Waals surface area contributed by atoms with E-state index in [9.17, 15) is 9.59 Å². The lowest BCUT2D eigenvalue weighted by atomic mass is 10.2. The number of para-hydroxylation sites is 1. The minimum absolute atomic E-state index is 0.108. The Bertz CT molecular complexity index is 1070. The molecule has 7 heteroatoms. The third-order valence-electron chi connectivity index (χ3n) is 5.89. The van der Waals surface area contributed by atoms with E-state index in [1.54, 1.807) is 6.92 Å². The SMILES string of the molecule is CCC(C)=O.CCCC.CCCCc1nc2c(N)nc3ccccc3c2n1CCCCNC(=O)CC. The molecule has 0 spiro atoms. The lowest BCUT2D eigenvalue weighted by Crippen LogP contribution is -2.23. The normalized spacial score (nSPS) is 10.4. The van der Waals surface area contributed by atoms with Gasteiger partial charge >= 0.3 is 0 Å². The number of anilines is 1. The van der Waals surface area contributed by atoms with Crippen molar-refractivity contribution in [2.75, 3.05) is 12.3 Å². The smallest absolute Gasteiger partial charge is 0.219 e. The fraction of sp³-hybridized carbons (Fsp3) is 0.586. The van der Waals surface area contributed by atoms with Crippen LogP contribution in [0.25, 0.3) is 21.9 Å². The van der Waals surface area contributed by atoms with Gasteiger partial charge in [0.15, 0.2) is 5.82 Å². The molecule has 200 valence electrons. The average Bonchev–Trinajstić information content (AvgIpc) is 3.26. The number of nitrogens with one attached hydrogen (secondary N) is 1. The van der Waals surface area contributed by atoms with Gasteiger partial charge in [0.05, 0.1) is 11.0 Å². The fourth-order valence-corrected chi connectivity index (χ4v) is 3.42. The van der Waals surface area contributed by atoms with Gasteiger partial charge in [-0.2, -0.15) is 0 Å². The van der Waals surface area contributed by atoms with Gasteiger partial charge in [0.25, 0.3) is 0 Å². The Morgan fingerprint density at radius 1 is 0.917 bits per heavy atom. The standard InChI is InChI=1S/C21H29N5O.C4H8O.C4H10/c1-3-5-12-17-25-19-20(15-10-6-7-11-16(15)24-21(19)22)26(17)14-9-8-13-23-18(27)4-2;1-3-4(2)5;1-3-4-2/h6-7,10-11H,3-5,8-9,12-14H2,1-2H3,(H2,22,24)(H,23,27);3H2,1-2H3;3-4H2,1-2H3. The molecule has 7 nitrogen and oxygen atoms in total. The van der Waals surface area contributed by atoms with Crippen LogP contribution in [0, 0.1) is 0 Å². The van der Waals surface area contributed by atoms with Crippen LogP contribution in [-0.2, 0) is 22.6 Å². The number of nitrogens with zero attached hydrogens (tertiary/aromatic N) is 3. The van der Waals surface area contributed by atoms with Crippen molar-refractivity contribution in [1.82, 2.24) is 19.9 Å². The average molecular weight is 498 g/mol. The number of Topliss-reactive ketones (excluding diaryl/α,β-unsaturated/α-hetero) is 1. The van der Waals surface area contributed by atoms with Crippen LogP contribution in [0.1, 0.15) is 98.7 Å². The Labute approximate surface area is 217 Å². The molecule has 2 heterocycles. The summed E-state index contributed by atoms with van der Waals surface area (Å²) in [5.74, 6) is 1.94. The lowest BCUT2D eigenvalue weighted by Gasteiger charge is -2.11. The minimum Gasteiger partial charge on any atom is -0.382 e. The van der Waals surface area contributed by atoms with E-state index < -0.39 is 0 Å². The third kappa shape index (κ3) is 9.96. The van der Waals surface area contributed by atoms with Gasteiger partial charge in [0.1, 0.15) is 17.1 Å². The molecular formula is C29H47N5O2. The zero-order valence-corrected chi connectivity index (χ0v) is 23.3. The van der Waals surface area contributed by atoms with E-state index in [1.807, 2.05) is 32.0 Å². The Balaban J connectivity index is 0.000000620. The number of imidazole rings is 1. The molecule has 0 saturated heterocycles. The van der Waals surface area contributed by atoms with Crippen molar-refractivity contribution >= 4 is 39.4 Å². The number of rotatable bonds is 11. The van der Waals surface area contributed by atoms with Crippen molar-refractivity contribution in [3.63, 3.8) is 0 Å². The number of hydrogen-bond acceptors (Lipinski definition) is 5. The van der Waals surface area contributed by atoms with Crippen LogP contribution in [0.5, 0.6) is 0 Å². The number of carbonyl (C=O) groups excluding carboxylic acids is 2. The third-order valence-corrected chi connectivity index (χ3v) is 5.89. The summed E-state index contributed by atoms with van der Waals surface area (Å²) in [5.41, 5.74) is 9.02. The first-order chi connectivity index (χ1) is 17.3. The van der Waals surface area contributed by atoms with Crippen molar-refractivity contribution < 1.29 is 9.59 Å². The van der Waals surface area contributed by atoms with Crippen LogP contribution in [0.2, 0.25) is 0 Å². The number of nitrogen functional groups attached to an aromatic ring is 1. The summed E-state index contributed by atoms with van der Waals surface area (Å²) in [5, 5.41) is 4.04. The highest BCUT2D eigenvalue weighted by molar-refractivity contribution is 6.06. The summed E-state index contributed by atoms with van der Waals surface area (Å²) >= 11 is 0. The Morgan fingerprint density at radius 3 is 2.17 bits per heavy atom. The highest BCUT2D eigenvalue weighted by Crippen LogP contribution is 2.29. The maximum atomic E-state index is 11.4. The van der Waals surface area contributed by atoms with E-state index in [0.29, 0.717) is 25.2 Å². The first kappa shape index (κ1) is 31.1. The number of nitrogens with two attached hydrogens (primary N) is 1. The van der Waals surface area contributed by atoms with Crippen LogP contribution >= 0.6 is 0 Å². The second-order valence-electron chi connectivity index (χ2n) is 8.96. The summed E-state index contributed by atoms with van der Waals surface area (Å²) in [6.07, 6.45) is 8.92. The summed E-state index contributed by atoms with van der Waals surface area (Å²) in [6, 6.07) is 8.10. The number of aryl methyl sites for hydroxylation is 2. The van der Waals surface area contributed by atoms with Crippen LogP contribution < -0.4 is 11.1 Å². The van der Waals surface area contributed by atoms with Gasteiger partial charge in [-0.3, -0.25) is 4.79 Å². The number of amides is 1. The number of hydrogen-bond donors (Lipinski definition) is 2. The topological polar surface area (TPSA) is 103 Å². The number of unbranched alkanes of at least 4 members (excludes halogenated alkanes) is 3. The summed E-state index contributed by atoms with van der Waals surface area (Å²) in [7, 11) is 0. The molecule has 0 aliphatic rings. The van der Waals surface area contributed by atoms with Gasteiger partial charge in [-0.25, -0.2) is 9.97 Å². The predicted molar refractivity (Wildman–Crippen MR) is 152 cm³/mol. The second-order valence-corrected chi connectivity index (χ2v) is 8.96. The van der Waals surface area contributed by atoms with Gasteiger partial charge in [-0.15, -0.1) is 0 Å². The molecule has 36 heavy (non-hydrogen) atoms. The number of carbonyl (C=O) groups is 2. The molecule has 1 aromatic carbocycles. The summed E-state index contributed by atoms with van der Waals surface area (Å²) in [4.78, 5) is 30.6. The van der Waals surface area contributed by atoms with Gasteiger partial charge in [-0.1, -0.05) is 72.1 Å². The molecule has 0 saturated carbocycles. The second kappa shape index (κ2) is 17.5. The van der Waals surface area contributed by atoms with Crippen molar-refractivity contribution in [2.45, 2.75) is 106 Å². The molecular weight excluding hydrogens is 450 g/mol. The molecule has 3 N–H and O–H groups in total. The first-order valence-corrected chi connectivity index (χ1v) is 13.6. The molecule has 3 rings (SSSR count). The molecule has 0 fully saturated rings. The van der Waals surface area contributed by atoms with E-state index >= 15 is 0 Å². The number of benzene rings is 1. The zero-order valence-electron chi connectivity index (χ0n) is 23.3. The van der Waals surface area contributed by atoms with E-state index in [1.165, 1.54) is 12.8 Å². The van der Waals surface area contributed by atoms with E-state index in [0.717, 1.165) is 66.4 Å². The molecule has 2 aromatic heterocycles. The van der Waals surface area contributed by atoms with Gasteiger partial charge < -0.3 is 20.4 Å². The number of aromatic nitrogens is 3. The number of fused-ring (bicyclic) bond motifs is 3. The monoisotopic (exact) mass is 497 g/mol. The molecule has 0 aliphatic carbocycles. The maximum Gasteiger partial charge on any atom is 0.219 e. The Kier molecular flexibility index (Phi) is 15.1. The van der Waals surface area contributed by atoms with Gasteiger partial charge in [0, 0.05) is 37.7 Å². The largest absolute Gasteiger partial charge is 0.382 e. The van der Waals surface area contributed by atoms with E-state index in [4.69, 9.17) is 10.7 Å². The van der Waals surface area contributed by atoms with E-state index in [-0.39, 0.29) is 11.7 Å². The number of pyridine rings is 1. The van der Waals surface area contributed by atoms with Crippen LogP contribution in [0.15, 0.2) is 24.3 Å². The van der Waals surface area contributed by atoms with Crippen molar-refractivity contribution in [3.05, 3.63) is 30.1 Å². The minimum atomic E-state index is 0.108. The van der Waals surface area contributed by atoms with Gasteiger partial charge in [-0.05, 0) is 32.3 Å². The summed E-state index contributed by atoms with van der Waals surface area (Å²) in [6.45, 7) is 13.4. The van der Waals surface area contributed by atoms with Gasteiger partial charge in [0.2, 0.25) is 5.91 Å². The molecule has 0 unspecified atom stereocenters. The zero-order chi connectivity index (χ0) is 26.9. The molecule has 1 amide bonds. The van der Waals surface area contributed by atoms with E-state index in [2.05, 4.69) is 41.7 Å². The molecule has 0 bridgehead atoms. The van der Waals surface area contributed by atoms with Crippen molar-refractivity contribution in [1.29, 1.82) is 0 Å². The molecule has 3 aromatic rings. The fourth-order valence-electron chi connectivity index (χ4n) is 3.42. The molecule has 0 atom stereocenters. The maximum absolute atomic E-state index is 11.4. The van der Waals surface area contributed by atoms with Crippen molar-refractivity contribution in [3.8, 4) is 0 Å². The number of ketones is 1. The van der Waals surface area contributed by atoms with Crippen LogP contribution in [-0.4, -0.2) is 32.8 Å². The Morgan fingerprint density at radius 2 is 1.58 bits per heavy atom. The molecule has 0 radical (unpaired) electrons.